The van der Waals surface area contributed by atoms with Crippen LogP contribution in [0.4, 0.5) is 0 Å². The summed E-state index contributed by atoms with van der Waals surface area (Å²) < 4.78 is 10.4. The third-order valence-corrected chi connectivity index (χ3v) is 3.77. The van der Waals surface area contributed by atoms with Gasteiger partial charge in [0.2, 0.25) is 0 Å². The first-order valence-electron chi connectivity index (χ1n) is 5.87. The van der Waals surface area contributed by atoms with Crippen molar-refractivity contribution in [1.29, 1.82) is 5.26 Å². The standard InChI is InChI=1S/C13H12BN3O2S/c1-6-11(18-8(3)16-6)10(5-15)12(19-14)13-7(2)17-9(4)20-13/h1-4H3. The van der Waals surface area contributed by atoms with Gasteiger partial charge in [0.25, 0.3) is 0 Å². The van der Waals surface area contributed by atoms with Crippen LogP contribution in [0, 0.1) is 39.0 Å². The van der Waals surface area contributed by atoms with Gasteiger partial charge in [0, 0.05) is 6.92 Å². The molecule has 0 aliphatic carbocycles. The van der Waals surface area contributed by atoms with E-state index in [-0.39, 0.29) is 11.3 Å². The van der Waals surface area contributed by atoms with Crippen molar-refractivity contribution in [2.24, 2.45) is 0 Å². The molecule has 20 heavy (non-hydrogen) atoms. The number of hydrogen-bond donors (Lipinski definition) is 0. The Morgan fingerprint density at radius 2 is 1.95 bits per heavy atom. The van der Waals surface area contributed by atoms with E-state index in [4.69, 9.17) is 17.1 Å². The topological polar surface area (TPSA) is 71.9 Å². The summed E-state index contributed by atoms with van der Waals surface area (Å²) in [4.78, 5) is 9.19. The van der Waals surface area contributed by atoms with Crippen LogP contribution >= 0.6 is 11.3 Å². The summed E-state index contributed by atoms with van der Waals surface area (Å²) in [7, 11) is 5.36. The van der Waals surface area contributed by atoms with Gasteiger partial charge in [-0.25, -0.2) is 9.97 Å². The minimum absolute atomic E-state index is 0.220. The first kappa shape index (κ1) is 14.3. The van der Waals surface area contributed by atoms with E-state index in [0.29, 0.717) is 17.3 Å². The highest BCUT2D eigenvalue weighted by Crippen LogP contribution is 2.33. The smallest absolute Gasteiger partial charge is 0.374 e. The van der Waals surface area contributed by atoms with Gasteiger partial charge in [0.05, 0.1) is 21.3 Å². The van der Waals surface area contributed by atoms with E-state index in [9.17, 15) is 5.26 Å². The normalized spacial score (nSPS) is 11.9. The number of rotatable bonds is 3. The van der Waals surface area contributed by atoms with Crippen molar-refractivity contribution in [3.63, 3.8) is 0 Å². The monoisotopic (exact) mass is 285 g/mol. The molecule has 0 aromatic carbocycles. The van der Waals surface area contributed by atoms with Gasteiger partial charge in [-0.05, 0) is 20.8 Å². The second kappa shape index (κ2) is 5.51. The summed E-state index contributed by atoms with van der Waals surface area (Å²) in [5.41, 5.74) is 1.60. The molecule has 2 heterocycles. The zero-order chi connectivity index (χ0) is 14.9. The van der Waals surface area contributed by atoms with E-state index < -0.39 is 0 Å². The molecule has 0 atom stereocenters. The number of aromatic nitrogens is 2. The van der Waals surface area contributed by atoms with Crippen molar-refractivity contribution in [2.45, 2.75) is 27.7 Å². The number of allylic oxidation sites excluding steroid dienone is 1. The maximum absolute atomic E-state index is 9.43. The number of nitrogens with zero attached hydrogens (tertiary/aromatic N) is 3. The van der Waals surface area contributed by atoms with Gasteiger partial charge < -0.3 is 9.07 Å². The Labute approximate surface area is 122 Å². The lowest BCUT2D eigenvalue weighted by Crippen LogP contribution is -1.95. The fourth-order valence-electron chi connectivity index (χ4n) is 1.94. The van der Waals surface area contributed by atoms with Crippen molar-refractivity contribution in [1.82, 2.24) is 9.97 Å². The van der Waals surface area contributed by atoms with Gasteiger partial charge in [0.15, 0.2) is 11.7 Å². The van der Waals surface area contributed by atoms with E-state index in [1.165, 1.54) is 11.3 Å². The van der Waals surface area contributed by atoms with Crippen molar-refractivity contribution in [3.8, 4) is 6.07 Å². The summed E-state index contributed by atoms with van der Waals surface area (Å²) >= 11 is 1.41. The van der Waals surface area contributed by atoms with Crippen LogP contribution in [0.3, 0.4) is 0 Å². The largest absolute Gasteiger partial charge is 0.566 e. The molecule has 0 bridgehead atoms. The Morgan fingerprint density at radius 1 is 1.25 bits per heavy atom. The summed E-state index contributed by atoms with van der Waals surface area (Å²) in [5, 5.41) is 10.3. The molecule has 2 radical (unpaired) electrons. The number of hydrogen-bond acceptors (Lipinski definition) is 6. The lowest BCUT2D eigenvalue weighted by molar-refractivity contribution is 0.507. The van der Waals surface area contributed by atoms with Crippen LogP contribution in [0.15, 0.2) is 4.42 Å². The fourth-order valence-corrected chi connectivity index (χ4v) is 2.85. The molecule has 2 aromatic rings. The average molecular weight is 285 g/mol. The van der Waals surface area contributed by atoms with Crippen molar-refractivity contribution in [2.75, 3.05) is 0 Å². The van der Waals surface area contributed by atoms with Gasteiger partial charge in [0.1, 0.15) is 17.4 Å². The van der Waals surface area contributed by atoms with Gasteiger partial charge in [-0.2, -0.15) is 5.26 Å². The van der Waals surface area contributed by atoms with Crippen LogP contribution < -0.4 is 0 Å². The van der Waals surface area contributed by atoms with E-state index >= 15 is 0 Å². The van der Waals surface area contributed by atoms with Crippen molar-refractivity contribution < 1.29 is 9.07 Å². The van der Waals surface area contributed by atoms with Crippen LogP contribution in [0.1, 0.15) is 32.9 Å². The Kier molecular flexibility index (Phi) is 3.95. The van der Waals surface area contributed by atoms with E-state index in [0.717, 1.165) is 15.6 Å². The summed E-state index contributed by atoms with van der Waals surface area (Å²) in [6.07, 6.45) is 0. The third kappa shape index (κ3) is 2.47. The fraction of sp³-hybridized carbons (Fsp3) is 0.308. The highest BCUT2D eigenvalue weighted by atomic mass is 32.1. The predicted octanol–water partition coefficient (Wildman–Crippen LogP) is 2.86. The molecule has 2 aromatic heterocycles. The van der Waals surface area contributed by atoms with Gasteiger partial charge in [-0.3, -0.25) is 0 Å². The maximum atomic E-state index is 9.43. The molecular weight excluding hydrogens is 273 g/mol. The van der Waals surface area contributed by atoms with Crippen LogP contribution in [-0.4, -0.2) is 18.0 Å². The zero-order valence-electron chi connectivity index (χ0n) is 11.6. The van der Waals surface area contributed by atoms with Crippen LogP contribution in [0.2, 0.25) is 0 Å². The molecule has 7 heteroatoms. The number of oxazole rings is 1. The lowest BCUT2D eigenvalue weighted by atomic mass is 10.1. The molecule has 0 spiro atoms. The molecule has 5 nitrogen and oxygen atoms in total. The average Bonchev–Trinajstić information content (AvgIpc) is 2.88. The minimum Gasteiger partial charge on any atom is -0.566 e. The first-order valence-corrected chi connectivity index (χ1v) is 6.69. The highest BCUT2D eigenvalue weighted by Gasteiger charge is 2.21. The number of thiazole rings is 1. The van der Waals surface area contributed by atoms with Gasteiger partial charge in [-0.15, -0.1) is 11.3 Å². The SMILES string of the molecule is [B]OC(=C(C#N)c1oc(C)nc1C)c1sc(C)nc1C. The third-order valence-electron chi connectivity index (χ3n) is 2.70. The number of aryl methyl sites for hydroxylation is 4. The Bertz CT molecular complexity index is 725. The highest BCUT2D eigenvalue weighted by molar-refractivity contribution is 7.12. The van der Waals surface area contributed by atoms with E-state index in [2.05, 4.69) is 16.0 Å². The summed E-state index contributed by atoms with van der Waals surface area (Å²) in [6, 6.07) is 2.08. The second-order valence-corrected chi connectivity index (χ2v) is 5.43. The molecule has 0 saturated heterocycles. The molecule has 100 valence electrons. The molecule has 0 amide bonds. The molecule has 2 rings (SSSR count). The van der Waals surface area contributed by atoms with Crippen LogP contribution in [-0.2, 0) is 4.65 Å². The first-order chi connectivity index (χ1) is 9.47. The molecule has 0 unspecified atom stereocenters. The van der Waals surface area contributed by atoms with Gasteiger partial charge >= 0.3 is 8.05 Å². The van der Waals surface area contributed by atoms with Crippen LogP contribution in [0.5, 0.6) is 0 Å². The Hall–Kier alpha value is -2.07. The van der Waals surface area contributed by atoms with Crippen LogP contribution in [0.25, 0.3) is 11.3 Å². The number of nitriles is 1. The zero-order valence-corrected chi connectivity index (χ0v) is 12.5. The lowest BCUT2D eigenvalue weighted by Gasteiger charge is -2.07. The minimum atomic E-state index is 0.220. The Morgan fingerprint density at radius 3 is 2.35 bits per heavy atom. The second-order valence-electron chi connectivity index (χ2n) is 4.23. The van der Waals surface area contributed by atoms with E-state index in [1.807, 2.05) is 13.8 Å². The molecular formula is C13H12BN3O2S. The molecule has 0 fully saturated rings. The van der Waals surface area contributed by atoms with Crippen molar-refractivity contribution in [3.05, 3.63) is 32.9 Å². The summed E-state index contributed by atoms with van der Waals surface area (Å²) in [5.74, 6) is 1.12. The molecule has 0 aliphatic rings. The molecule has 0 N–H and O–H groups in total. The molecule has 0 saturated carbocycles. The summed E-state index contributed by atoms with van der Waals surface area (Å²) in [6.45, 7) is 7.20. The maximum Gasteiger partial charge on any atom is 0.374 e. The molecule has 0 aliphatic heterocycles. The predicted molar refractivity (Wildman–Crippen MR) is 76.8 cm³/mol. The van der Waals surface area contributed by atoms with Gasteiger partial charge in [-0.1, -0.05) is 0 Å². The van der Waals surface area contributed by atoms with Crippen molar-refractivity contribution >= 4 is 30.7 Å². The Balaban J connectivity index is 2.69. The quantitative estimate of drug-likeness (QED) is 0.492. The van der Waals surface area contributed by atoms with E-state index in [1.54, 1.807) is 13.8 Å².